The topological polar surface area (TPSA) is 121 Å². The van der Waals surface area contributed by atoms with Crippen LogP contribution in [0.4, 0.5) is 4.39 Å². The van der Waals surface area contributed by atoms with Gasteiger partial charge >= 0.3 is 11.9 Å². The first-order valence-electron chi connectivity index (χ1n) is 7.87. The Balaban J connectivity index is 2.74. The molecule has 30 heavy (non-hydrogen) atoms. The van der Waals surface area contributed by atoms with Crippen LogP contribution in [0.25, 0.3) is 0 Å². The molecule has 0 fully saturated rings. The summed E-state index contributed by atoms with van der Waals surface area (Å²) in [5.74, 6) is -7.44. The number of phenols is 2. The van der Waals surface area contributed by atoms with E-state index in [0.29, 0.717) is 0 Å². The first-order valence-corrected chi connectivity index (χ1v) is 9.39. The van der Waals surface area contributed by atoms with Crippen LogP contribution in [0.15, 0.2) is 6.07 Å². The predicted octanol–water partition coefficient (Wildman–Crippen LogP) is 4.89. The third kappa shape index (κ3) is 4.27. The molecule has 0 aliphatic rings. The number of rotatable bonds is 6. The maximum absolute atomic E-state index is 14.3. The van der Waals surface area contributed by atoms with Gasteiger partial charge in [0.25, 0.3) is 0 Å². The van der Waals surface area contributed by atoms with Gasteiger partial charge in [0.05, 0.1) is 43.9 Å². The van der Waals surface area contributed by atoms with Crippen LogP contribution in [-0.4, -0.2) is 40.2 Å². The number of ketones is 1. The van der Waals surface area contributed by atoms with Crippen molar-refractivity contribution in [1.29, 1.82) is 0 Å². The molecular formula is C18H11Cl4FO7. The molecule has 0 radical (unpaired) electrons. The van der Waals surface area contributed by atoms with E-state index in [1.165, 1.54) is 0 Å². The number of esters is 1. The predicted molar refractivity (Wildman–Crippen MR) is 107 cm³/mol. The van der Waals surface area contributed by atoms with Crippen molar-refractivity contribution in [3.63, 3.8) is 0 Å². The number of carbonyl (C=O) groups is 3. The number of halogens is 5. The van der Waals surface area contributed by atoms with Crippen molar-refractivity contribution in [2.75, 3.05) is 7.11 Å². The van der Waals surface area contributed by atoms with E-state index in [0.717, 1.165) is 13.2 Å². The van der Waals surface area contributed by atoms with Gasteiger partial charge in [-0.1, -0.05) is 46.4 Å². The highest BCUT2D eigenvalue weighted by Gasteiger charge is 2.32. The van der Waals surface area contributed by atoms with Gasteiger partial charge in [0.2, 0.25) is 5.82 Å². The van der Waals surface area contributed by atoms with Gasteiger partial charge < -0.3 is 20.1 Å². The molecule has 0 spiro atoms. The Labute approximate surface area is 188 Å². The second-order valence-corrected chi connectivity index (χ2v) is 7.32. The van der Waals surface area contributed by atoms with Gasteiger partial charge in [0.1, 0.15) is 0 Å². The summed E-state index contributed by atoms with van der Waals surface area (Å²) in [7, 11) is 1.12. The summed E-state index contributed by atoms with van der Waals surface area (Å²) in [5.41, 5.74) is -2.53. The third-order valence-electron chi connectivity index (χ3n) is 4.07. The fourth-order valence-electron chi connectivity index (χ4n) is 2.57. The Bertz CT molecular complexity index is 1090. The number of aromatic carboxylic acids is 1. The molecule has 0 saturated heterocycles. The number of carboxylic acid groups (broad SMARTS) is 1. The van der Waals surface area contributed by atoms with E-state index in [2.05, 4.69) is 4.74 Å². The van der Waals surface area contributed by atoms with Crippen LogP contribution in [0, 0.1) is 5.82 Å². The quantitative estimate of drug-likeness (QED) is 0.224. The number of carbonyl (C=O) groups excluding carboxylic acids is 2. The van der Waals surface area contributed by atoms with E-state index in [-0.39, 0.29) is 18.4 Å². The number of aromatic hydroxyl groups is 2. The number of carboxylic acids is 1. The van der Waals surface area contributed by atoms with Crippen molar-refractivity contribution >= 4 is 64.1 Å². The zero-order valence-corrected chi connectivity index (χ0v) is 17.9. The van der Waals surface area contributed by atoms with Crippen LogP contribution in [0.5, 0.6) is 11.5 Å². The summed E-state index contributed by atoms with van der Waals surface area (Å²) >= 11 is 23.6. The maximum Gasteiger partial charge on any atom is 0.338 e. The Morgan fingerprint density at radius 3 is 2.00 bits per heavy atom. The lowest BCUT2D eigenvalue weighted by Gasteiger charge is -2.15. The van der Waals surface area contributed by atoms with E-state index < -0.39 is 71.8 Å². The molecule has 0 aliphatic carbocycles. The van der Waals surface area contributed by atoms with Crippen molar-refractivity contribution in [1.82, 2.24) is 0 Å². The van der Waals surface area contributed by atoms with E-state index in [9.17, 15) is 34.1 Å². The SMILES string of the molecule is COC(=O)CCc1cc(C(=O)c2c(Cl)c(Cl)c(Cl)c(Cl)c2C(=O)O)c(O)c(F)c1O. The van der Waals surface area contributed by atoms with Crippen LogP contribution in [0.3, 0.4) is 0 Å². The van der Waals surface area contributed by atoms with Gasteiger partial charge in [-0.2, -0.15) is 4.39 Å². The Hall–Kier alpha value is -2.26. The molecule has 0 unspecified atom stereocenters. The standard InChI is InChI=1S/C18H11Cl4FO7/c1-30-7(24)3-2-5-4-6(17(27)14(23)15(5)25)16(26)8-9(18(28)29)11(20)13(22)12(21)10(8)19/h4,25,27H,2-3H2,1H3,(H,28,29). The van der Waals surface area contributed by atoms with Crippen LogP contribution in [-0.2, 0) is 16.0 Å². The molecule has 2 aromatic carbocycles. The van der Waals surface area contributed by atoms with Gasteiger partial charge in [-0.25, -0.2) is 4.79 Å². The highest BCUT2D eigenvalue weighted by Crippen LogP contribution is 2.43. The summed E-state index contributed by atoms with van der Waals surface area (Å²) in [6.07, 6.45) is -0.528. The molecule has 0 heterocycles. The molecule has 2 rings (SSSR count). The molecule has 0 aromatic heterocycles. The number of aryl methyl sites for hydroxylation is 1. The molecule has 12 heteroatoms. The summed E-state index contributed by atoms with van der Waals surface area (Å²) in [6.45, 7) is 0. The lowest BCUT2D eigenvalue weighted by atomic mass is 9.94. The Morgan fingerprint density at radius 2 is 1.50 bits per heavy atom. The molecule has 0 aliphatic heterocycles. The highest BCUT2D eigenvalue weighted by atomic mass is 35.5. The molecule has 0 saturated carbocycles. The zero-order chi connectivity index (χ0) is 22.9. The number of phenolic OH excluding ortho intramolecular Hbond substituents is 2. The summed E-state index contributed by atoms with van der Waals surface area (Å²) < 4.78 is 18.8. The van der Waals surface area contributed by atoms with Crippen LogP contribution in [0.2, 0.25) is 20.1 Å². The molecular weight excluding hydrogens is 489 g/mol. The van der Waals surface area contributed by atoms with E-state index in [1.54, 1.807) is 0 Å². The van der Waals surface area contributed by atoms with Crippen LogP contribution in [0.1, 0.15) is 38.3 Å². The Kier molecular flexibility index (Phi) is 7.41. The lowest BCUT2D eigenvalue weighted by molar-refractivity contribution is -0.140. The summed E-state index contributed by atoms with van der Waals surface area (Å²) in [5, 5.41) is 27.4. The molecule has 7 nitrogen and oxygen atoms in total. The average molecular weight is 500 g/mol. The lowest BCUT2D eigenvalue weighted by Crippen LogP contribution is -2.13. The average Bonchev–Trinajstić information content (AvgIpc) is 2.71. The van der Waals surface area contributed by atoms with Crippen LogP contribution < -0.4 is 0 Å². The number of methoxy groups -OCH3 is 1. The monoisotopic (exact) mass is 498 g/mol. The second-order valence-electron chi connectivity index (χ2n) is 5.81. The smallest absolute Gasteiger partial charge is 0.338 e. The fourth-order valence-corrected chi connectivity index (χ4v) is 3.58. The van der Waals surface area contributed by atoms with Gasteiger partial charge in [-0.3, -0.25) is 9.59 Å². The van der Waals surface area contributed by atoms with Gasteiger partial charge in [0, 0.05) is 6.42 Å². The van der Waals surface area contributed by atoms with Crippen molar-refractivity contribution in [2.45, 2.75) is 12.8 Å². The number of hydrogen-bond donors (Lipinski definition) is 3. The van der Waals surface area contributed by atoms with E-state index >= 15 is 0 Å². The van der Waals surface area contributed by atoms with Crippen molar-refractivity contribution < 1.29 is 38.8 Å². The minimum Gasteiger partial charge on any atom is -0.505 e. The van der Waals surface area contributed by atoms with Gasteiger partial charge in [0.15, 0.2) is 17.3 Å². The minimum absolute atomic E-state index is 0.224. The van der Waals surface area contributed by atoms with Crippen molar-refractivity contribution in [3.8, 4) is 11.5 Å². The van der Waals surface area contributed by atoms with Crippen molar-refractivity contribution in [3.05, 3.63) is 54.2 Å². The van der Waals surface area contributed by atoms with E-state index in [1.807, 2.05) is 0 Å². The fraction of sp³-hybridized carbons (Fsp3) is 0.167. The normalized spacial score (nSPS) is 10.7. The zero-order valence-electron chi connectivity index (χ0n) is 14.9. The first-order chi connectivity index (χ1) is 13.9. The number of benzene rings is 2. The van der Waals surface area contributed by atoms with E-state index in [4.69, 9.17) is 46.4 Å². The maximum atomic E-state index is 14.3. The molecule has 3 N–H and O–H groups in total. The molecule has 0 atom stereocenters. The van der Waals surface area contributed by atoms with Crippen LogP contribution >= 0.6 is 46.4 Å². The van der Waals surface area contributed by atoms with Crippen molar-refractivity contribution in [2.24, 2.45) is 0 Å². The van der Waals surface area contributed by atoms with Gasteiger partial charge in [-0.15, -0.1) is 0 Å². The largest absolute Gasteiger partial charge is 0.505 e. The summed E-state index contributed by atoms with van der Waals surface area (Å²) in [4.78, 5) is 36.0. The second kappa shape index (κ2) is 9.26. The molecule has 2 aromatic rings. The third-order valence-corrected chi connectivity index (χ3v) is 5.87. The molecule has 160 valence electrons. The number of hydrogen-bond acceptors (Lipinski definition) is 6. The molecule has 0 bridgehead atoms. The molecule has 0 amide bonds. The highest BCUT2D eigenvalue weighted by molar-refractivity contribution is 6.54. The van der Waals surface area contributed by atoms with Gasteiger partial charge in [-0.05, 0) is 18.1 Å². The minimum atomic E-state index is -1.69. The number of ether oxygens (including phenoxy) is 1. The Morgan fingerprint density at radius 1 is 0.967 bits per heavy atom. The first kappa shape index (κ1) is 24.0. The summed E-state index contributed by atoms with van der Waals surface area (Å²) in [6, 6.07) is 0.886.